The highest BCUT2D eigenvalue weighted by Gasteiger charge is 2.05. The van der Waals surface area contributed by atoms with Crippen LogP contribution in [0.3, 0.4) is 0 Å². The molecule has 0 aliphatic heterocycles. The van der Waals surface area contributed by atoms with E-state index >= 15 is 0 Å². The number of rotatable bonds is 2. The van der Waals surface area contributed by atoms with E-state index in [1.807, 2.05) is 18.2 Å². The van der Waals surface area contributed by atoms with Crippen molar-refractivity contribution in [3.05, 3.63) is 40.1 Å². The number of hydrogen-bond donors (Lipinski definition) is 0. The topological polar surface area (TPSA) is 35.0 Å². The maximum absolute atomic E-state index is 5.81. The standard InChI is InChI=1S/C11H8BrClN2O/c1-16-9-3-2-7(6-8(9)12)11-14-5-4-10(13)15-11/h2-6H,1H3. The second-order valence-electron chi connectivity index (χ2n) is 3.05. The fourth-order valence-corrected chi connectivity index (χ4v) is 1.96. The number of halogens is 2. The number of aromatic nitrogens is 2. The highest BCUT2D eigenvalue weighted by molar-refractivity contribution is 9.10. The van der Waals surface area contributed by atoms with Crippen molar-refractivity contribution in [1.82, 2.24) is 9.97 Å². The minimum atomic E-state index is 0.428. The Bertz CT molecular complexity index is 519. The predicted octanol–water partition coefficient (Wildman–Crippen LogP) is 3.57. The van der Waals surface area contributed by atoms with Gasteiger partial charge in [0.15, 0.2) is 5.82 Å². The molecule has 2 rings (SSSR count). The first kappa shape index (κ1) is 11.4. The number of benzene rings is 1. The van der Waals surface area contributed by atoms with Gasteiger partial charge in [0.2, 0.25) is 0 Å². The van der Waals surface area contributed by atoms with Gasteiger partial charge in [-0.25, -0.2) is 9.97 Å². The molecule has 1 aromatic heterocycles. The summed E-state index contributed by atoms with van der Waals surface area (Å²) in [5.74, 6) is 1.36. The van der Waals surface area contributed by atoms with E-state index in [4.69, 9.17) is 16.3 Å². The SMILES string of the molecule is COc1ccc(-c2nccc(Cl)n2)cc1Br. The maximum atomic E-state index is 5.81. The third kappa shape index (κ3) is 2.33. The van der Waals surface area contributed by atoms with Crippen molar-refractivity contribution < 1.29 is 4.74 Å². The molecule has 82 valence electrons. The predicted molar refractivity (Wildman–Crippen MR) is 66.7 cm³/mol. The first-order valence-corrected chi connectivity index (χ1v) is 5.70. The molecule has 0 aliphatic rings. The van der Waals surface area contributed by atoms with E-state index in [2.05, 4.69) is 25.9 Å². The van der Waals surface area contributed by atoms with E-state index in [0.717, 1.165) is 15.8 Å². The van der Waals surface area contributed by atoms with Crippen molar-refractivity contribution in [2.24, 2.45) is 0 Å². The summed E-state index contributed by atoms with van der Waals surface area (Å²) in [6.07, 6.45) is 1.63. The third-order valence-corrected chi connectivity index (χ3v) is 2.86. The van der Waals surface area contributed by atoms with Crippen LogP contribution in [0, 0.1) is 0 Å². The summed E-state index contributed by atoms with van der Waals surface area (Å²) in [7, 11) is 1.62. The van der Waals surface area contributed by atoms with Crippen molar-refractivity contribution in [1.29, 1.82) is 0 Å². The zero-order valence-electron chi connectivity index (χ0n) is 8.45. The summed E-state index contributed by atoms with van der Waals surface area (Å²) < 4.78 is 6.00. The first-order valence-electron chi connectivity index (χ1n) is 4.53. The lowest BCUT2D eigenvalue weighted by Crippen LogP contribution is -1.90. The molecule has 16 heavy (non-hydrogen) atoms. The van der Waals surface area contributed by atoms with Crippen LogP contribution in [0.15, 0.2) is 34.9 Å². The number of nitrogens with zero attached hydrogens (tertiary/aromatic N) is 2. The molecule has 5 heteroatoms. The van der Waals surface area contributed by atoms with Gasteiger partial charge < -0.3 is 4.74 Å². The van der Waals surface area contributed by atoms with E-state index in [9.17, 15) is 0 Å². The van der Waals surface area contributed by atoms with Gasteiger partial charge in [-0.05, 0) is 40.2 Å². The average molecular weight is 300 g/mol. The van der Waals surface area contributed by atoms with E-state index in [1.54, 1.807) is 19.4 Å². The molecule has 0 spiro atoms. The van der Waals surface area contributed by atoms with Crippen LogP contribution >= 0.6 is 27.5 Å². The highest BCUT2D eigenvalue weighted by atomic mass is 79.9. The van der Waals surface area contributed by atoms with E-state index < -0.39 is 0 Å². The monoisotopic (exact) mass is 298 g/mol. The Morgan fingerprint density at radius 1 is 1.31 bits per heavy atom. The number of methoxy groups -OCH3 is 1. The molecule has 0 atom stereocenters. The number of hydrogen-bond acceptors (Lipinski definition) is 3. The molecule has 1 heterocycles. The molecule has 0 bridgehead atoms. The Morgan fingerprint density at radius 3 is 2.75 bits per heavy atom. The van der Waals surface area contributed by atoms with Crippen molar-refractivity contribution in [2.75, 3.05) is 7.11 Å². The molecule has 0 radical (unpaired) electrons. The largest absolute Gasteiger partial charge is 0.496 e. The van der Waals surface area contributed by atoms with E-state index in [1.165, 1.54) is 0 Å². The Morgan fingerprint density at radius 2 is 2.12 bits per heavy atom. The molecule has 0 N–H and O–H groups in total. The van der Waals surface area contributed by atoms with Gasteiger partial charge in [-0.2, -0.15) is 0 Å². The Hall–Kier alpha value is -1.13. The van der Waals surface area contributed by atoms with Crippen LogP contribution in [0.5, 0.6) is 5.75 Å². The average Bonchev–Trinajstić information content (AvgIpc) is 2.29. The normalized spacial score (nSPS) is 10.2. The Balaban J connectivity index is 2.45. The number of ether oxygens (including phenoxy) is 1. The van der Waals surface area contributed by atoms with Gasteiger partial charge >= 0.3 is 0 Å². The molecule has 1 aromatic carbocycles. The van der Waals surface area contributed by atoms with Crippen LogP contribution in [-0.2, 0) is 0 Å². The van der Waals surface area contributed by atoms with Crippen LogP contribution in [-0.4, -0.2) is 17.1 Å². The van der Waals surface area contributed by atoms with Crippen molar-refractivity contribution in [3.63, 3.8) is 0 Å². The summed E-state index contributed by atoms with van der Waals surface area (Å²) in [5, 5.41) is 0.428. The van der Waals surface area contributed by atoms with Crippen LogP contribution in [0.1, 0.15) is 0 Å². The van der Waals surface area contributed by atoms with Crippen molar-refractivity contribution in [3.8, 4) is 17.1 Å². The summed E-state index contributed by atoms with van der Waals surface area (Å²) >= 11 is 9.22. The van der Waals surface area contributed by atoms with Gasteiger partial charge in [0.1, 0.15) is 10.9 Å². The van der Waals surface area contributed by atoms with Crippen LogP contribution in [0.2, 0.25) is 5.15 Å². The van der Waals surface area contributed by atoms with Gasteiger partial charge in [-0.15, -0.1) is 0 Å². The summed E-state index contributed by atoms with van der Waals surface area (Å²) in [6.45, 7) is 0. The summed E-state index contributed by atoms with van der Waals surface area (Å²) in [5.41, 5.74) is 0.884. The zero-order chi connectivity index (χ0) is 11.5. The smallest absolute Gasteiger partial charge is 0.160 e. The minimum absolute atomic E-state index is 0.428. The van der Waals surface area contributed by atoms with Crippen LogP contribution < -0.4 is 4.74 Å². The quantitative estimate of drug-likeness (QED) is 0.795. The molecular weight excluding hydrogens is 291 g/mol. The van der Waals surface area contributed by atoms with Crippen molar-refractivity contribution >= 4 is 27.5 Å². The van der Waals surface area contributed by atoms with Gasteiger partial charge in [0, 0.05) is 11.8 Å². The van der Waals surface area contributed by atoms with Gasteiger partial charge in [-0.1, -0.05) is 11.6 Å². The molecule has 0 fully saturated rings. The third-order valence-electron chi connectivity index (χ3n) is 2.03. The summed E-state index contributed by atoms with van der Waals surface area (Å²) in [6, 6.07) is 7.27. The van der Waals surface area contributed by atoms with Gasteiger partial charge in [-0.3, -0.25) is 0 Å². The highest BCUT2D eigenvalue weighted by Crippen LogP contribution is 2.29. The van der Waals surface area contributed by atoms with Gasteiger partial charge in [0.25, 0.3) is 0 Å². The van der Waals surface area contributed by atoms with Crippen LogP contribution in [0.25, 0.3) is 11.4 Å². The fraction of sp³-hybridized carbons (Fsp3) is 0.0909. The molecule has 3 nitrogen and oxygen atoms in total. The second kappa shape index (κ2) is 4.80. The molecule has 0 aliphatic carbocycles. The molecule has 0 amide bonds. The van der Waals surface area contributed by atoms with Crippen LogP contribution in [0.4, 0.5) is 0 Å². The van der Waals surface area contributed by atoms with Crippen molar-refractivity contribution in [2.45, 2.75) is 0 Å². The second-order valence-corrected chi connectivity index (χ2v) is 4.29. The zero-order valence-corrected chi connectivity index (χ0v) is 10.8. The Labute approximate surface area is 107 Å². The van der Waals surface area contributed by atoms with Gasteiger partial charge in [0.05, 0.1) is 11.6 Å². The van der Waals surface area contributed by atoms with E-state index in [0.29, 0.717) is 11.0 Å². The molecule has 0 saturated carbocycles. The molecular formula is C11H8BrClN2O. The lowest BCUT2D eigenvalue weighted by molar-refractivity contribution is 0.412. The summed E-state index contributed by atoms with van der Waals surface area (Å²) in [4.78, 5) is 8.28. The lowest BCUT2D eigenvalue weighted by Gasteiger charge is -2.05. The van der Waals surface area contributed by atoms with E-state index in [-0.39, 0.29) is 0 Å². The first-order chi connectivity index (χ1) is 7.70. The Kier molecular flexibility index (Phi) is 3.41. The minimum Gasteiger partial charge on any atom is -0.496 e. The molecule has 2 aromatic rings. The maximum Gasteiger partial charge on any atom is 0.160 e. The fourth-order valence-electron chi connectivity index (χ4n) is 1.28. The molecule has 0 unspecified atom stereocenters. The molecule has 0 saturated heterocycles. The lowest BCUT2D eigenvalue weighted by atomic mass is 10.2.